The van der Waals surface area contributed by atoms with E-state index in [9.17, 15) is 0 Å². The third-order valence-electron chi connectivity index (χ3n) is 1.90. The molecule has 0 radical (unpaired) electrons. The Morgan fingerprint density at radius 3 is 3.00 bits per heavy atom. The minimum Gasteiger partial charge on any atom is -0.379 e. The maximum atomic E-state index is 5.44. The van der Waals surface area contributed by atoms with Crippen molar-refractivity contribution in [2.75, 3.05) is 26.3 Å². The lowest BCUT2D eigenvalue weighted by Crippen LogP contribution is -2.26. The van der Waals surface area contributed by atoms with E-state index < -0.39 is 0 Å². The minimum absolute atomic E-state index is 0.629. The van der Waals surface area contributed by atoms with Crippen LogP contribution in [0.2, 0.25) is 0 Å². The Kier molecular flexibility index (Phi) is 4.83. The molecule has 0 fully saturated rings. The Labute approximate surface area is 80.6 Å². The van der Waals surface area contributed by atoms with Crippen LogP contribution < -0.4 is 5.32 Å². The van der Waals surface area contributed by atoms with Gasteiger partial charge in [0.25, 0.3) is 0 Å². The number of nitrogens with one attached hydrogen (secondary N) is 1. The molecular weight excluding hydrogens is 164 g/mol. The Balaban J connectivity index is 1.89. The van der Waals surface area contributed by atoms with Crippen LogP contribution in [0, 0.1) is 5.92 Å². The quantitative estimate of drug-likeness (QED) is 0.656. The van der Waals surface area contributed by atoms with Gasteiger partial charge < -0.3 is 10.1 Å². The monoisotopic (exact) mass is 184 g/mol. The summed E-state index contributed by atoms with van der Waals surface area (Å²) in [5.41, 5.74) is 0. The topological polar surface area (TPSA) is 33.6 Å². The first kappa shape index (κ1) is 10.5. The van der Waals surface area contributed by atoms with Crippen LogP contribution in [0.5, 0.6) is 0 Å². The molecule has 0 unspecified atom stereocenters. The average Bonchev–Trinajstić information content (AvgIpc) is 2.55. The molecule has 0 aromatic carbocycles. The van der Waals surface area contributed by atoms with Gasteiger partial charge in [0.2, 0.25) is 0 Å². The molecule has 0 spiro atoms. The van der Waals surface area contributed by atoms with E-state index in [1.165, 1.54) is 6.42 Å². The minimum atomic E-state index is 0.629. The van der Waals surface area contributed by atoms with Gasteiger partial charge in [0.15, 0.2) is 0 Å². The van der Waals surface area contributed by atoms with Crippen molar-refractivity contribution in [1.29, 1.82) is 0 Å². The van der Waals surface area contributed by atoms with Gasteiger partial charge >= 0.3 is 0 Å². The Morgan fingerprint density at radius 2 is 2.38 bits per heavy atom. The van der Waals surface area contributed by atoms with Crippen molar-refractivity contribution in [2.24, 2.45) is 10.9 Å². The molecule has 0 amide bonds. The summed E-state index contributed by atoms with van der Waals surface area (Å²) in [7, 11) is 0. The highest BCUT2D eigenvalue weighted by Crippen LogP contribution is 2.00. The fraction of sp³-hybridized carbons (Fsp3) is 0.900. The Hall–Kier alpha value is -0.570. The van der Waals surface area contributed by atoms with Crippen LogP contribution in [0.15, 0.2) is 4.99 Å². The maximum absolute atomic E-state index is 5.44. The second-order valence-corrected chi connectivity index (χ2v) is 3.83. The number of rotatable bonds is 5. The molecular formula is C10H20N2O. The van der Waals surface area contributed by atoms with Crippen LogP contribution in [-0.2, 0) is 4.74 Å². The summed E-state index contributed by atoms with van der Waals surface area (Å²) in [6.07, 6.45) is 2.32. The summed E-state index contributed by atoms with van der Waals surface area (Å²) in [4.78, 5) is 4.32. The zero-order chi connectivity index (χ0) is 9.52. The van der Waals surface area contributed by atoms with Crippen LogP contribution in [0.4, 0.5) is 0 Å². The molecule has 0 atom stereocenters. The van der Waals surface area contributed by atoms with E-state index in [0.29, 0.717) is 5.92 Å². The molecule has 3 nitrogen and oxygen atoms in total. The molecule has 76 valence electrons. The van der Waals surface area contributed by atoms with Gasteiger partial charge in [-0.2, -0.15) is 0 Å². The largest absolute Gasteiger partial charge is 0.379 e. The number of aliphatic imine (C=N–C) groups is 1. The fourth-order valence-corrected chi connectivity index (χ4v) is 1.27. The molecule has 0 aromatic rings. The molecule has 3 heteroatoms. The smallest absolute Gasteiger partial charge is 0.0964 e. The zero-order valence-corrected chi connectivity index (χ0v) is 8.68. The summed E-state index contributed by atoms with van der Waals surface area (Å²) in [6.45, 7) is 7.86. The summed E-state index contributed by atoms with van der Waals surface area (Å²) in [5, 5.41) is 3.28. The van der Waals surface area contributed by atoms with Crippen LogP contribution in [-0.4, -0.2) is 32.1 Å². The van der Waals surface area contributed by atoms with Crippen molar-refractivity contribution in [3.8, 4) is 0 Å². The molecule has 1 heterocycles. The molecule has 0 aliphatic carbocycles. The third-order valence-corrected chi connectivity index (χ3v) is 1.90. The van der Waals surface area contributed by atoms with E-state index >= 15 is 0 Å². The van der Waals surface area contributed by atoms with Gasteiger partial charge in [-0.3, -0.25) is 4.99 Å². The molecule has 1 aliphatic rings. The lowest BCUT2D eigenvalue weighted by molar-refractivity contribution is 0.114. The number of amidine groups is 1. The first-order valence-corrected chi connectivity index (χ1v) is 5.14. The first-order valence-electron chi connectivity index (χ1n) is 5.14. The lowest BCUT2D eigenvalue weighted by atomic mass is 10.2. The molecule has 0 saturated carbocycles. The fourth-order valence-electron chi connectivity index (χ4n) is 1.27. The van der Waals surface area contributed by atoms with Crippen molar-refractivity contribution in [3.63, 3.8) is 0 Å². The molecule has 0 saturated heterocycles. The Bertz CT molecular complexity index is 166. The standard InChI is InChI=1S/C10H20N2O/c1-9(2)8-13-7-6-12-10-4-3-5-11-10/h9H,3-8H2,1-2H3,(H,11,12). The van der Waals surface area contributed by atoms with E-state index in [0.717, 1.165) is 38.6 Å². The van der Waals surface area contributed by atoms with E-state index in [1.807, 2.05) is 0 Å². The highest BCUT2D eigenvalue weighted by molar-refractivity contribution is 5.83. The summed E-state index contributed by atoms with van der Waals surface area (Å²) < 4.78 is 5.44. The first-order chi connectivity index (χ1) is 6.29. The predicted octanol–water partition coefficient (Wildman–Crippen LogP) is 1.44. The van der Waals surface area contributed by atoms with Crippen LogP contribution in [0.3, 0.4) is 0 Å². The van der Waals surface area contributed by atoms with Gasteiger partial charge in [-0.05, 0) is 12.3 Å². The maximum Gasteiger partial charge on any atom is 0.0964 e. The number of hydrogen-bond acceptors (Lipinski definition) is 3. The molecule has 0 bridgehead atoms. The molecule has 1 aliphatic heterocycles. The van der Waals surface area contributed by atoms with Gasteiger partial charge in [-0.25, -0.2) is 0 Å². The van der Waals surface area contributed by atoms with E-state index in [-0.39, 0.29) is 0 Å². The van der Waals surface area contributed by atoms with Crippen molar-refractivity contribution >= 4 is 5.84 Å². The van der Waals surface area contributed by atoms with Crippen molar-refractivity contribution in [2.45, 2.75) is 26.7 Å². The highest BCUT2D eigenvalue weighted by atomic mass is 16.5. The second-order valence-electron chi connectivity index (χ2n) is 3.83. The van der Waals surface area contributed by atoms with Crippen LogP contribution in [0.1, 0.15) is 26.7 Å². The van der Waals surface area contributed by atoms with E-state index in [4.69, 9.17) is 4.74 Å². The van der Waals surface area contributed by atoms with Crippen molar-refractivity contribution < 1.29 is 4.74 Å². The van der Waals surface area contributed by atoms with E-state index in [2.05, 4.69) is 24.2 Å². The van der Waals surface area contributed by atoms with Crippen molar-refractivity contribution in [1.82, 2.24) is 5.32 Å². The van der Waals surface area contributed by atoms with Crippen LogP contribution >= 0.6 is 0 Å². The van der Waals surface area contributed by atoms with Crippen LogP contribution in [0.25, 0.3) is 0 Å². The SMILES string of the molecule is CC(C)COCCNC1=NCCC1. The molecule has 13 heavy (non-hydrogen) atoms. The van der Waals surface area contributed by atoms with Gasteiger partial charge in [-0.15, -0.1) is 0 Å². The van der Waals surface area contributed by atoms with Gasteiger partial charge in [0, 0.05) is 26.1 Å². The van der Waals surface area contributed by atoms with Crippen molar-refractivity contribution in [3.05, 3.63) is 0 Å². The number of nitrogens with zero attached hydrogens (tertiary/aromatic N) is 1. The highest BCUT2D eigenvalue weighted by Gasteiger charge is 2.04. The lowest BCUT2D eigenvalue weighted by Gasteiger charge is -2.08. The number of hydrogen-bond donors (Lipinski definition) is 1. The second kappa shape index (κ2) is 5.97. The summed E-state index contributed by atoms with van der Waals surface area (Å²) in [5.74, 6) is 1.79. The summed E-state index contributed by atoms with van der Waals surface area (Å²) in [6, 6.07) is 0. The molecule has 1 N–H and O–H groups in total. The van der Waals surface area contributed by atoms with Gasteiger partial charge in [-0.1, -0.05) is 13.8 Å². The normalized spacial score (nSPS) is 16.4. The summed E-state index contributed by atoms with van der Waals surface area (Å²) >= 11 is 0. The average molecular weight is 184 g/mol. The molecule has 1 rings (SSSR count). The van der Waals surface area contributed by atoms with Gasteiger partial charge in [0.05, 0.1) is 12.4 Å². The van der Waals surface area contributed by atoms with Gasteiger partial charge in [0.1, 0.15) is 0 Å². The number of ether oxygens (including phenoxy) is 1. The molecule has 0 aromatic heterocycles. The predicted molar refractivity (Wildman–Crippen MR) is 55.2 cm³/mol. The van der Waals surface area contributed by atoms with E-state index in [1.54, 1.807) is 0 Å². The third kappa shape index (κ3) is 4.88. The Morgan fingerprint density at radius 1 is 1.54 bits per heavy atom. The zero-order valence-electron chi connectivity index (χ0n) is 8.68.